The first-order valence-electron chi connectivity index (χ1n) is 7.61. The van der Waals surface area contributed by atoms with Crippen LogP contribution in [0.25, 0.3) is 0 Å². The molecule has 0 aliphatic rings. The quantitative estimate of drug-likeness (QED) is 0.476. The van der Waals surface area contributed by atoms with Crippen LogP contribution < -0.4 is 4.74 Å². The number of ether oxygens (including phenoxy) is 1. The van der Waals surface area contributed by atoms with E-state index in [9.17, 15) is 0 Å². The summed E-state index contributed by atoms with van der Waals surface area (Å²) in [5.41, 5.74) is -0.0674. The van der Waals surface area contributed by atoms with Gasteiger partial charge in [-0.3, -0.25) is 0 Å². The van der Waals surface area contributed by atoms with E-state index >= 15 is 0 Å². The van der Waals surface area contributed by atoms with E-state index < -0.39 is 0 Å². The first kappa shape index (κ1) is 17.4. The highest BCUT2D eigenvalue weighted by molar-refractivity contribution is 9.10. The van der Waals surface area contributed by atoms with Crippen molar-refractivity contribution in [3.05, 3.63) is 16.5 Å². The highest BCUT2D eigenvalue weighted by atomic mass is 79.9. The van der Waals surface area contributed by atoms with Gasteiger partial charge in [-0.2, -0.15) is 4.98 Å². The molecule has 1 heterocycles. The molecule has 0 N–H and O–H groups in total. The van der Waals surface area contributed by atoms with Gasteiger partial charge in [0.25, 0.3) is 0 Å². The Balaban J connectivity index is 2.39. The minimum Gasteiger partial charge on any atom is -0.478 e. The summed E-state index contributed by atoms with van der Waals surface area (Å²) >= 11 is 3.43. The molecule has 0 unspecified atom stereocenters. The van der Waals surface area contributed by atoms with E-state index in [-0.39, 0.29) is 5.41 Å². The maximum Gasteiger partial charge on any atom is 0.217 e. The number of unbranched alkanes of at least 4 members (excludes halogenated alkanes) is 5. The van der Waals surface area contributed by atoms with E-state index in [0.717, 1.165) is 23.5 Å². The summed E-state index contributed by atoms with van der Waals surface area (Å²) in [5, 5.41) is 0. The molecule has 1 rings (SSSR count). The van der Waals surface area contributed by atoms with Gasteiger partial charge in [0.15, 0.2) is 0 Å². The van der Waals surface area contributed by atoms with Crippen LogP contribution in [0.1, 0.15) is 72.0 Å². The Bertz CT molecular complexity index is 402. The van der Waals surface area contributed by atoms with E-state index in [1.54, 1.807) is 0 Å². The first-order valence-corrected chi connectivity index (χ1v) is 8.40. The lowest BCUT2D eigenvalue weighted by molar-refractivity contribution is 0.289. The van der Waals surface area contributed by atoms with Crippen LogP contribution in [0.3, 0.4) is 0 Å². The Labute approximate surface area is 131 Å². The third kappa shape index (κ3) is 6.69. The minimum absolute atomic E-state index is 0.0674. The largest absolute Gasteiger partial charge is 0.478 e. The fourth-order valence-electron chi connectivity index (χ4n) is 1.87. The van der Waals surface area contributed by atoms with Crippen molar-refractivity contribution in [1.82, 2.24) is 9.97 Å². The molecule has 0 spiro atoms. The highest BCUT2D eigenvalue weighted by Gasteiger charge is 2.19. The van der Waals surface area contributed by atoms with Crippen molar-refractivity contribution in [3.63, 3.8) is 0 Å². The van der Waals surface area contributed by atoms with E-state index in [1.807, 2.05) is 6.07 Å². The molecule has 0 aliphatic heterocycles. The Morgan fingerprint density at radius 2 is 1.70 bits per heavy atom. The molecule has 0 radical (unpaired) electrons. The lowest BCUT2D eigenvalue weighted by Gasteiger charge is -2.17. The highest BCUT2D eigenvalue weighted by Crippen LogP contribution is 2.23. The standard InChI is InChI=1S/C16H27BrN2O/c1-5-6-7-8-9-10-11-20-14-12-13(17)18-15(19-14)16(2,3)4/h12H,5-11H2,1-4H3. The van der Waals surface area contributed by atoms with Gasteiger partial charge in [-0.25, -0.2) is 4.98 Å². The average molecular weight is 343 g/mol. The van der Waals surface area contributed by atoms with Crippen molar-refractivity contribution in [3.8, 4) is 5.88 Å². The topological polar surface area (TPSA) is 35.0 Å². The van der Waals surface area contributed by atoms with Gasteiger partial charge in [-0.05, 0) is 22.4 Å². The molecular weight excluding hydrogens is 316 g/mol. The molecule has 0 amide bonds. The summed E-state index contributed by atoms with van der Waals surface area (Å²) in [4.78, 5) is 8.90. The second kappa shape index (κ2) is 8.60. The van der Waals surface area contributed by atoms with Crippen LogP contribution in [0.4, 0.5) is 0 Å². The molecule has 0 saturated carbocycles. The number of nitrogens with zero attached hydrogens (tertiary/aromatic N) is 2. The third-order valence-corrected chi connectivity index (χ3v) is 3.50. The van der Waals surface area contributed by atoms with Crippen LogP contribution in [0.2, 0.25) is 0 Å². The zero-order valence-corrected chi connectivity index (χ0v) is 14.8. The van der Waals surface area contributed by atoms with E-state index in [2.05, 4.69) is 53.6 Å². The van der Waals surface area contributed by atoms with Gasteiger partial charge in [0.1, 0.15) is 10.4 Å². The third-order valence-electron chi connectivity index (χ3n) is 3.09. The minimum atomic E-state index is -0.0674. The summed E-state index contributed by atoms with van der Waals surface area (Å²) in [6, 6.07) is 1.84. The summed E-state index contributed by atoms with van der Waals surface area (Å²) in [6.45, 7) is 9.28. The fourth-order valence-corrected chi connectivity index (χ4v) is 2.23. The number of halogens is 1. The van der Waals surface area contributed by atoms with E-state index in [0.29, 0.717) is 5.88 Å². The molecule has 0 saturated heterocycles. The zero-order valence-electron chi connectivity index (χ0n) is 13.2. The molecule has 0 bridgehead atoms. The maximum absolute atomic E-state index is 5.75. The van der Waals surface area contributed by atoms with Crippen LogP contribution in [-0.2, 0) is 5.41 Å². The van der Waals surface area contributed by atoms with Crippen LogP contribution in [0.5, 0.6) is 5.88 Å². The van der Waals surface area contributed by atoms with Crippen molar-refractivity contribution in [2.45, 2.75) is 71.6 Å². The van der Waals surface area contributed by atoms with Crippen LogP contribution in [0.15, 0.2) is 10.7 Å². The van der Waals surface area contributed by atoms with Crippen LogP contribution >= 0.6 is 15.9 Å². The summed E-state index contributed by atoms with van der Waals surface area (Å²) in [7, 11) is 0. The molecule has 3 nitrogen and oxygen atoms in total. The van der Waals surface area contributed by atoms with Gasteiger partial charge in [0.05, 0.1) is 6.61 Å². The zero-order chi connectivity index (χ0) is 15.0. The predicted molar refractivity (Wildman–Crippen MR) is 87.3 cm³/mol. The number of rotatable bonds is 8. The van der Waals surface area contributed by atoms with Gasteiger partial charge in [0, 0.05) is 11.5 Å². The molecular formula is C16H27BrN2O. The average Bonchev–Trinajstić information content (AvgIpc) is 2.36. The molecule has 0 aromatic carbocycles. The first-order chi connectivity index (χ1) is 9.43. The molecule has 20 heavy (non-hydrogen) atoms. The Morgan fingerprint density at radius 1 is 1.05 bits per heavy atom. The van der Waals surface area contributed by atoms with Crippen molar-refractivity contribution in [2.24, 2.45) is 0 Å². The van der Waals surface area contributed by atoms with Crippen molar-refractivity contribution in [1.29, 1.82) is 0 Å². The number of hydrogen-bond acceptors (Lipinski definition) is 3. The SMILES string of the molecule is CCCCCCCCOc1cc(Br)nc(C(C)(C)C)n1. The lowest BCUT2D eigenvalue weighted by atomic mass is 9.96. The van der Waals surface area contributed by atoms with Gasteiger partial charge in [-0.15, -0.1) is 0 Å². The molecule has 1 aromatic heterocycles. The van der Waals surface area contributed by atoms with Gasteiger partial charge in [0.2, 0.25) is 5.88 Å². The smallest absolute Gasteiger partial charge is 0.217 e. The van der Waals surface area contributed by atoms with Crippen molar-refractivity contribution < 1.29 is 4.74 Å². The summed E-state index contributed by atoms with van der Waals surface area (Å²) < 4.78 is 6.54. The molecule has 4 heteroatoms. The fraction of sp³-hybridized carbons (Fsp3) is 0.750. The lowest BCUT2D eigenvalue weighted by Crippen LogP contribution is -2.16. The van der Waals surface area contributed by atoms with E-state index in [1.165, 1.54) is 32.1 Å². The Morgan fingerprint density at radius 3 is 2.35 bits per heavy atom. The van der Waals surface area contributed by atoms with Gasteiger partial charge >= 0.3 is 0 Å². The molecule has 1 aromatic rings. The molecule has 0 fully saturated rings. The predicted octanol–water partition coefficient (Wildman–Crippen LogP) is 5.28. The van der Waals surface area contributed by atoms with Crippen LogP contribution in [0, 0.1) is 0 Å². The molecule has 114 valence electrons. The van der Waals surface area contributed by atoms with Gasteiger partial charge in [-0.1, -0.05) is 59.8 Å². The summed E-state index contributed by atoms with van der Waals surface area (Å²) in [6.07, 6.45) is 7.60. The van der Waals surface area contributed by atoms with Gasteiger partial charge < -0.3 is 4.74 Å². The second-order valence-corrected chi connectivity index (χ2v) is 7.03. The van der Waals surface area contributed by atoms with Crippen molar-refractivity contribution >= 4 is 15.9 Å². The molecule has 0 aliphatic carbocycles. The summed E-state index contributed by atoms with van der Waals surface area (Å²) in [5.74, 6) is 1.48. The molecule has 0 atom stereocenters. The Kier molecular flexibility index (Phi) is 7.49. The normalized spacial score (nSPS) is 11.7. The number of aromatic nitrogens is 2. The second-order valence-electron chi connectivity index (χ2n) is 6.22. The van der Waals surface area contributed by atoms with Crippen LogP contribution in [-0.4, -0.2) is 16.6 Å². The maximum atomic E-state index is 5.75. The number of hydrogen-bond donors (Lipinski definition) is 0. The van der Waals surface area contributed by atoms with Crippen molar-refractivity contribution in [2.75, 3.05) is 6.61 Å². The Hall–Kier alpha value is -0.640. The monoisotopic (exact) mass is 342 g/mol. The van der Waals surface area contributed by atoms with E-state index in [4.69, 9.17) is 4.74 Å².